The predicted molar refractivity (Wildman–Crippen MR) is 47.0 cm³/mol. The highest BCUT2D eigenvalue weighted by Crippen LogP contribution is 2.02. The third-order valence-electron chi connectivity index (χ3n) is 1.39. The van der Waals surface area contributed by atoms with Crippen LogP contribution in [0.3, 0.4) is 0 Å². The lowest BCUT2D eigenvalue weighted by atomic mass is 10.2. The first-order chi connectivity index (χ1) is 5.84. The topological polar surface area (TPSA) is 38.7 Å². The minimum Gasteiger partial charge on any atom is -0.462 e. The van der Waals surface area contributed by atoms with Gasteiger partial charge in [0.1, 0.15) is 0 Å². The maximum Gasteiger partial charge on any atom is 0.339 e. The molecule has 0 atom stereocenters. The maximum absolute atomic E-state index is 11.1. The van der Waals surface area contributed by atoms with E-state index in [0.717, 1.165) is 6.42 Å². The van der Waals surface area contributed by atoms with Crippen molar-refractivity contribution in [1.29, 1.82) is 0 Å². The van der Waals surface area contributed by atoms with Gasteiger partial charge < -0.3 is 4.74 Å². The van der Waals surface area contributed by atoms with Crippen molar-refractivity contribution in [2.24, 2.45) is 4.99 Å². The Morgan fingerprint density at radius 1 is 1.75 bits per heavy atom. The summed E-state index contributed by atoms with van der Waals surface area (Å²) >= 11 is 0. The Morgan fingerprint density at radius 3 is 3.33 bits per heavy atom. The summed E-state index contributed by atoms with van der Waals surface area (Å²) in [5.41, 5.74) is 0.529. The van der Waals surface area contributed by atoms with Gasteiger partial charge in [0.15, 0.2) is 0 Å². The van der Waals surface area contributed by atoms with E-state index in [0.29, 0.717) is 12.2 Å². The van der Waals surface area contributed by atoms with E-state index in [9.17, 15) is 4.79 Å². The van der Waals surface area contributed by atoms with Crippen molar-refractivity contribution in [2.75, 3.05) is 6.61 Å². The number of hydrogen-bond acceptors (Lipinski definition) is 3. The third-order valence-corrected chi connectivity index (χ3v) is 1.39. The maximum atomic E-state index is 11.1. The molecule has 0 bridgehead atoms. The van der Waals surface area contributed by atoms with E-state index < -0.39 is 0 Å². The number of hydrogen-bond donors (Lipinski definition) is 0. The molecule has 0 aromatic heterocycles. The Bertz CT molecular complexity index is 251. The van der Waals surface area contributed by atoms with Gasteiger partial charge in [-0.3, -0.25) is 4.99 Å². The highest BCUT2D eigenvalue weighted by atomic mass is 16.5. The van der Waals surface area contributed by atoms with E-state index in [4.69, 9.17) is 4.74 Å². The van der Waals surface area contributed by atoms with E-state index in [-0.39, 0.29) is 5.97 Å². The van der Waals surface area contributed by atoms with Crippen LogP contribution in [0.2, 0.25) is 0 Å². The van der Waals surface area contributed by atoms with Gasteiger partial charge in [0, 0.05) is 12.4 Å². The Morgan fingerprint density at radius 2 is 2.58 bits per heavy atom. The number of allylic oxidation sites excluding steroid dienone is 2. The molecule has 3 heteroatoms. The Labute approximate surface area is 71.4 Å². The largest absolute Gasteiger partial charge is 0.462 e. The standard InChI is InChI=1S/C9H11NO2/c1-2-12-9(11)8-5-3-4-6-10-7-8/h4-7H,2-3H2,1H3. The fourth-order valence-corrected chi connectivity index (χ4v) is 0.843. The Balaban J connectivity index is 2.62. The molecule has 0 spiro atoms. The molecule has 0 aromatic carbocycles. The average molecular weight is 165 g/mol. The zero-order valence-electron chi connectivity index (χ0n) is 6.99. The van der Waals surface area contributed by atoms with Crippen LogP contribution in [0.25, 0.3) is 0 Å². The second kappa shape index (κ2) is 4.49. The molecule has 0 saturated carbocycles. The predicted octanol–water partition coefficient (Wildman–Crippen LogP) is 1.46. The summed E-state index contributed by atoms with van der Waals surface area (Å²) < 4.78 is 4.81. The van der Waals surface area contributed by atoms with Crippen LogP contribution in [0.4, 0.5) is 0 Å². The van der Waals surface area contributed by atoms with E-state index in [1.807, 2.05) is 6.08 Å². The monoisotopic (exact) mass is 165 g/mol. The van der Waals surface area contributed by atoms with Gasteiger partial charge >= 0.3 is 5.97 Å². The van der Waals surface area contributed by atoms with Crippen molar-refractivity contribution in [3.63, 3.8) is 0 Å². The summed E-state index contributed by atoms with van der Waals surface area (Å²) in [6, 6.07) is 0. The van der Waals surface area contributed by atoms with Crippen LogP contribution in [0.5, 0.6) is 0 Å². The van der Waals surface area contributed by atoms with E-state index >= 15 is 0 Å². The minimum absolute atomic E-state index is 0.301. The highest BCUT2D eigenvalue weighted by Gasteiger charge is 2.06. The zero-order valence-corrected chi connectivity index (χ0v) is 6.99. The van der Waals surface area contributed by atoms with Gasteiger partial charge in [0.05, 0.1) is 12.2 Å². The summed E-state index contributed by atoms with van der Waals surface area (Å²) in [5.74, 6) is -0.301. The van der Waals surface area contributed by atoms with Gasteiger partial charge in [0.25, 0.3) is 0 Å². The van der Waals surface area contributed by atoms with Gasteiger partial charge in [0.2, 0.25) is 0 Å². The number of nitrogens with zero attached hydrogens (tertiary/aromatic N) is 1. The molecule has 12 heavy (non-hydrogen) atoms. The number of carbonyl (C=O) groups excluding carboxylic acids is 1. The molecule has 3 nitrogen and oxygen atoms in total. The number of esters is 1. The van der Waals surface area contributed by atoms with Crippen LogP contribution < -0.4 is 0 Å². The van der Waals surface area contributed by atoms with Crippen LogP contribution in [-0.2, 0) is 9.53 Å². The Kier molecular flexibility index (Phi) is 3.26. The first-order valence-electron chi connectivity index (χ1n) is 3.90. The van der Waals surface area contributed by atoms with Gasteiger partial charge in [-0.2, -0.15) is 0 Å². The lowest BCUT2D eigenvalue weighted by molar-refractivity contribution is -0.137. The number of ether oxygens (including phenoxy) is 1. The van der Waals surface area contributed by atoms with E-state index in [1.54, 1.807) is 19.2 Å². The number of carbonyl (C=O) groups is 1. The molecule has 0 aliphatic carbocycles. The SMILES string of the molecule is CCOC(=O)C1=CCC=CN=C1. The van der Waals surface area contributed by atoms with Crippen LogP contribution in [0.1, 0.15) is 13.3 Å². The third kappa shape index (κ3) is 2.34. The van der Waals surface area contributed by atoms with Gasteiger partial charge in [-0.25, -0.2) is 4.79 Å². The summed E-state index contributed by atoms with van der Waals surface area (Å²) in [4.78, 5) is 15.0. The van der Waals surface area contributed by atoms with Crippen LogP contribution in [-0.4, -0.2) is 18.8 Å². The summed E-state index contributed by atoms with van der Waals surface area (Å²) in [7, 11) is 0. The molecule has 0 N–H and O–H groups in total. The molecule has 1 aliphatic rings. The molecular weight excluding hydrogens is 154 g/mol. The summed E-state index contributed by atoms with van der Waals surface area (Å²) in [6.45, 7) is 2.18. The van der Waals surface area contributed by atoms with Crippen LogP contribution >= 0.6 is 0 Å². The normalized spacial score (nSPS) is 15.2. The molecule has 0 aromatic rings. The highest BCUT2D eigenvalue weighted by molar-refractivity contribution is 6.09. The minimum atomic E-state index is -0.301. The van der Waals surface area contributed by atoms with Gasteiger partial charge in [-0.15, -0.1) is 0 Å². The van der Waals surface area contributed by atoms with Crippen LogP contribution in [0.15, 0.2) is 28.9 Å². The molecular formula is C9H11NO2. The first-order valence-corrected chi connectivity index (χ1v) is 3.90. The van der Waals surface area contributed by atoms with Gasteiger partial charge in [-0.05, 0) is 13.3 Å². The molecule has 0 saturated heterocycles. The lowest BCUT2D eigenvalue weighted by Crippen LogP contribution is -2.08. The Hall–Kier alpha value is -1.38. The fourth-order valence-electron chi connectivity index (χ4n) is 0.843. The zero-order chi connectivity index (χ0) is 8.81. The average Bonchev–Trinajstić information content (AvgIpc) is 2.32. The number of rotatable bonds is 2. The summed E-state index contributed by atoms with van der Waals surface area (Å²) in [6.07, 6.45) is 7.59. The molecule has 1 rings (SSSR count). The van der Waals surface area contributed by atoms with Gasteiger partial charge in [-0.1, -0.05) is 12.2 Å². The van der Waals surface area contributed by atoms with Crippen molar-refractivity contribution >= 4 is 12.2 Å². The smallest absolute Gasteiger partial charge is 0.339 e. The molecule has 0 fully saturated rings. The quantitative estimate of drug-likeness (QED) is 0.581. The van der Waals surface area contributed by atoms with Crippen molar-refractivity contribution in [1.82, 2.24) is 0 Å². The summed E-state index contributed by atoms with van der Waals surface area (Å²) in [5, 5.41) is 0. The van der Waals surface area contributed by atoms with Crippen molar-refractivity contribution in [3.05, 3.63) is 23.9 Å². The first kappa shape index (κ1) is 8.71. The molecule has 64 valence electrons. The molecule has 0 radical (unpaired) electrons. The lowest BCUT2D eigenvalue weighted by Gasteiger charge is -1.99. The molecule has 1 heterocycles. The van der Waals surface area contributed by atoms with Crippen molar-refractivity contribution < 1.29 is 9.53 Å². The molecule has 0 amide bonds. The number of aliphatic imine (C=N–C) groups is 1. The molecule has 1 aliphatic heterocycles. The fraction of sp³-hybridized carbons (Fsp3) is 0.333. The van der Waals surface area contributed by atoms with Crippen molar-refractivity contribution in [2.45, 2.75) is 13.3 Å². The van der Waals surface area contributed by atoms with Crippen LogP contribution in [0, 0.1) is 0 Å². The van der Waals surface area contributed by atoms with Crippen molar-refractivity contribution in [3.8, 4) is 0 Å². The van der Waals surface area contributed by atoms with E-state index in [2.05, 4.69) is 4.99 Å². The second-order valence-electron chi connectivity index (χ2n) is 2.28. The van der Waals surface area contributed by atoms with E-state index in [1.165, 1.54) is 6.21 Å². The molecule has 0 unspecified atom stereocenters. The second-order valence-corrected chi connectivity index (χ2v) is 2.28.